The van der Waals surface area contributed by atoms with E-state index in [-0.39, 0.29) is 35.6 Å². The molecule has 4 rings (SSSR count). The van der Waals surface area contributed by atoms with Gasteiger partial charge in [-0.15, -0.1) is 0 Å². The van der Waals surface area contributed by atoms with Gasteiger partial charge >= 0.3 is 6.03 Å². The van der Waals surface area contributed by atoms with Crippen LogP contribution < -0.4 is 15.5 Å². The summed E-state index contributed by atoms with van der Waals surface area (Å²) in [6, 6.07) is 6.91. The summed E-state index contributed by atoms with van der Waals surface area (Å²) in [6.45, 7) is 5.22. The van der Waals surface area contributed by atoms with Crippen LogP contribution in [0.1, 0.15) is 35.3 Å². The summed E-state index contributed by atoms with van der Waals surface area (Å²) < 4.78 is 54.4. The van der Waals surface area contributed by atoms with Crippen molar-refractivity contribution in [3.05, 3.63) is 64.7 Å². The van der Waals surface area contributed by atoms with Crippen LogP contribution in [0, 0.1) is 18.6 Å². The zero-order chi connectivity index (χ0) is 26.4. The van der Waals surface area contributed by atoms with Gasteiger partial charge in [0, 0.05) is 29.0 Å². The van der Waals surface area contributed by atoms with Crippen molar-refractivity contribution in [2.75, 3.05) is 11.2 Å². The number of fused-ring (bicyclic) bond motifs is 1. The summed E-state index contributed by atoms with van der Waals surface area (Å²) in [5.74, 6) is -2.70. The minimum absolute atomic E-state index is 0.110. The molecule has 0 saturated heterocycles. The highest BCUT2D eigenvalue weighted by molar-refractivity contribution is 7.90. The monoisotopic (exact) mass is 515 g/mol. The van der Waals surface area contributed by atoms with Crippen molar-refractivity contribution >= 4 is 33.3 Å². The molecule has 0 saturated carbocycles. The fourth-order valence-corrected chi connectivity index (χ4v) is 4.31. The maximum atomic E-state index is 14.7. The van der Waals surface area contributed by atoms with E-state index in [1.54, 1.807) is 25.1 Å². The van der Waals surface area contributed by atoms with E-state index >= 15 is 0 Å². The van der Waals surface area contributed by atoms with Crippen LogP contribution in [-0.4, -0.2) is 42.6 Å². The number of nitrogens with one attached hydrogen (secondary N) is 2. The maximum Gasteiger partial charge on any atom is 0.328 e. The Morgan fingerprint density at radius 1 is 1.14 bits per heavy atom. The number of halogens is 2. The Balaban J connectivity index is 2.02. The Morgan fingerprint density at radius 2 is 1.81 bits per heavy atom. The number of para-hydroxylation sites is 1. The molecule has 0 atom stereocenters. The molecule has 9 nitrogen and oxygen atoms in total. The Morgan fingerprint density at radius 3 is 2.42 bits per heavy atom. The highest BCUT2D eigenvalue weighted by atomic mass is 32.2. The third-order valence-electron chi connectivity index (χ3n) is 5.46. The molecule has 0 aliphatic carbocycles. The van der Waals surface area contributed by atoms with E-state index in [9.17, 15) is 26.8 Å². The fraction of sp³-hybridized carbons (Fsp3) is 0.250. The number of benzene rings is 2. The van der Waals surface area contributed by atoms with Gasteiger partial charge in [-0.2, -0.15) is 4.98 Å². The number of rotatable bonds is 5. The average Bonchev–Trinajstić information content (AvgIpc) is 2.78. The normalized spacial score (nSPS) is 13.4. The SMILES string of the molecule is Cc1ccc(C(=O)NC(C)C)cc1-c1nc(S(C)(=O)=O)nc2c1CNC(=O)N2c1c(F)cccc1F. The van der Waals surface area contributed by atoms with Crippen molar-refractivity contribution in [1.29, 1.82) is 0 Å². The first-order valence-corrected chi connectivity index (χ1v) is 12.8. The van der Waals surface area contributed by atoms with Crippen molar-refractivity contribution in [2.45, 2.75) is 38.5 Å². The molecule has 1 aromatic heterocycles. The second-order valence-electron chi connectivity index (χ2n) is 8.65. The number of carbonyl (C=O) groups excluding carboxylic acids is 2. The predicted octanol–water partition coefficient (Wildman–Crippen LogP) is 3.63. The molecule has 2 heterocycles. The number of aromatic nitrogens is 2. The third-order valence-corrected chi connectivity index (χ3v) is 6.31. The van der Waals surface area contributed by atoms with E-state index < -0.39 is 38.3 Å². The van der Waals surface area contributed by atoms with Crippen molar-refractivity contribution in [2.24, 2.45) is 0 Å². The van der Waals surface area contributed by atoms with Gasteiger partial charge < -0.3 is 10.6 Å². The zero-order valence-corrected chi connectivity index (χ0v) is 20.7. The lowest BCUT2D eigenvalue weighted by Crippen LogP contribution is -2.43. The zero-order valence-electron chi connectivity index (χ0n) is 19.9. The molecule has 0 bridgehead atoms. The standard InChI is InChI=1S/C24H23F2N5O4S/c1-12(2)28-22(32)14-9-8-13(3)15(10-14)19-16-11-27-24(33)31(20-17(25)6-5-7-18(20)26)21(16)30-23(29-19)36(4,34)35/h5-10,12H,11H2,1-4H3,(H,27,33)(H,28,32). The lowest BCUT2D eigenvalue weighted by Gasteiger charge is -2.30. The minimum atomic E-state index is -4.01. The number of carbonyl (C=O) groups is 2. The van der Waals surface area contributed by atoms with Crippen LogP contribution in [0.15, 0.2) is 41.6 Å². The topological polar surface area (TPSA) is 121 Å². The third kappa shape index (κ3) is 4.63. The summed E-state index contributed by atoms with van der Waals surface area (Å²) in [5.41, 5.74) is 0.987. The molecular formula is C24H23F2N5O4S. The Kier molecular flexibility index (Phi) is 6.48. The number of nitrogens with zero attached hydrogens (tertiary/aromatic N) is 3. The second-order valence-corrected chi connectivity index (χ2v) is 10.6. The van der Waals surface area contributed by atoms with Gasteiger partial charge in [0.15, 0.2) is 5.82 Å². The number of aryl methyl sites for hydroxylation is 1. The van der Waals surface area contributed by atoms with Crippen LogP contribution in [0.4, 0.5) is 25.1 Å². The first-order valence-electron chi connectivity index (χ1n) is 10.9. The number of sulfone groups is 1. The van der Waals surface area contributed by atoms with Crippen LogP contribution in [0.25, 0.3) is 11.3 Å². The Labute approximate surface area is 206 Å². The molecule has 12 heteroatoms. The van der Waals surface area contributed by atoms with Crippen LogP contribution in [-0.2, 0) is 16.4 Å². The smallest absolute Gasteiger partial charge is 0.328 e. The molecule has 2 N–H and O–H groups in total. The van der Waals surface area contributed by atoms with Crippen molar-refractivity contribution in [3.8, 4) is 11.3 Å². The molecule has 2 aromatic carbocycles. The molecule has 36 heavy (non-hydrogen) atoms. The molecule has 1 aliphatic heterocycles. The Bertz CT molecular complexity index is 1490. The highest BCUT2D eigenvalue weighted by Crippen LogP contribution is 2.39. The summed E-state index contributed by atoms with van der Waals surface area (Å²) in [5, 5.41) is 4.69. The first-order chi connectivity index (χ1) is 16.9. The van der Waals surface area contributed by atoms with Gasteiger partial charge in [-0.05, 0) is 50.6 Å². The number of anilines is 2. The van der Waals surface area contributed by atoms with Crippen molar-refractivity contribution in [3.63, 3.8) is 0 Å². The summed E-state index contributed by atoms with van der Waals surface area (Å²) in [6.07, 6.45) is 0.884. The minimum Gasteiger partial charge on any atom is -0.350 e. The summed E-state index contributed by atoms with van der Waals surface area (Å²) in [4.78, 5) is 34.4. The first kappa shape index (κ1) is 25.2. The van der Waals surface area contributed by atoms with Gasteiger partial charge in [-0.3, -0.25) is 4.79 Å². The largest absolute Gasteiger partial charge is 0.350 e. The molecule has 0 spiro atoms. The van der Waals surface area contributed by atoms with Gasteiger partial charge in [0.2, 0.25) is 15.0 Å². The molecule has 3 amide bonds. The van der Waals surface area contributed by atoms with E-state index in [1.807, 2.05) is 13.8 Å². The van der Waals surface area contributed by atoms with Gasteiger partial charge in [-0.25, -0.2) is 31.9 Å². The molecule has 1 aliphatic rings. The molecule has 188 valence electrons. The predicted molar refractivity (Wildman–Crippen MR) is 129 cm³/mol. The van der Waals surface area contributed by atoms with Crippen molar-refractivity contribution < 1.29 is 26.8 Å². The van der Waals surface area contributed by atoms with Crippen LogP contribution >= 0.6 is 0 Å². The van der Waals surface area contributed by atoms with E-state index in [4.69, 9.17) is 0 Å². The van der Waals surface area contributed by atoms with Gasteiger partial charge in [0.1, 0.15) is 17.3 Å². The van der Waals surface area contributed by atoms with Gasteiger partial charge in [0.05, 0.1) is 12.2 Å². The maximum absolute atomic E-state index is 14.7. The highest BCUT2D eigenvalue weighted by Gasteiger charge is 2.35. The number of urea groups is 1. The number of hydrogen-bond donors (Lipinski definition) is 2. The van der Waals surface area contributed by atoms with E-state index in [0.29, 0.717) is 21.6 Å². The summed E-state index contributed by atoms with van der Waals surface area (Å²) in [7, 11) is -4.01. The number of hydrogen-bond acceptors (Lipinski definition) is 6. The second kappa shape index (κ2) is 9.26. The van der Waals surface area contributed by atoms with E-state index in [1.165, 1.54) is 0 Å². The molecule has 0 unspecified atom stereocenters. The molecule has 0 radical (unpaired) electrons. The molecule has 0 fully saturated rings. The quantitative estimate of drug-likeness (QED) is 0.501. The van der Waals surface area contributed by atoms with E-state index in [0.717, 1.165) is 24.5 Å². The average molecular weight is 516 g/mol. The van der Waals surface area contributed by atoms with Crippen LogP contribution in [0.3, 0.4) is 0 Å². The summed E-state index contributed by atoms with van der Waals surface area (Å²) >= 11 is 0. The van der Waals surface area contributed by atoms with Gasteiger partial charge in [0.25, 0.3) is 5.91 Å². The lowest BCUT2D eigenvalue weighted by atomic mass is 9.97. The number of amides is 3. The fourth-order valence-electron chi connectivity index (χ4n) is 3.80. The molecule has 3 aromatic rings. The van der Waals surface area contributed by atoms with Crippen LogP contribution in [0.2, 0.25) is 0 Å². The van der Waals surface area contributed by atoms with Crippen LogP contribution in [0.5, 0.6) is 0 Å². The van der Waals surface area contributed by atoms with E-state index in [2.05, 4.69) is 20.6 Å². The lowest BCUT2D eigenvalue weighted by molar-refractivity contribution is 0.0943. The Hall–Kier alpha value is -3.93. The van der Waals surface area contributed by atoms with Crippen molar-refractivity contribution in [1.82, 2.24) is 20.6 Å². The van der Waals surface area contributed by atoms with Gasteiger partial charge in [-0.1, -0.05) is 12.1 Å². The molecular weight excluding hydrogens is 492 g/mol.